The predicted molar refractivity (Wildman–Crippen MR) is 63.6 cm³/mol. The van der Waals surface area contributed by atoms with Gasteiger partial charge in [0.25, 0.3) is 0 Å². The van der Waals surface area contributed by atoms with Crippen LogP contribution in [0.5, 0.6) is 0 Å². The van der Waals surface area contributed by atoms with E-state index in [0.29, 0.717) is 6.54 Å². The molecule has 0 rings (SSSR count). The molecule has 0 aliphatic carbocycles. The Labute approximate surface area is 93.2 Å². The third-order valence-corrected chi connectivity index (χ3v) is 2.43. The van der Waals surface area contributed by atoms with Gasteiger partial charge in [0.1, 0.15) is 5.54 Å². The lowest BCUT2D eigenvalue weighted by Gasteiger charge is -2.34. The van der Waals surface area contributed by atoms with Crippen molar-refractivity contribution >= 4 is 5.91 Å². The number of nitrogens with two attached hydrogens (primary N) is 1. The van der Waals surface area contributed by atoms with Crippen LogP contribution in [-0.2, 0) is 4.79 Å². The molecule has 4 heteroatoms. The lowest BCUT2D eigenvalue weighted by molar-refractivity contribution is -0.124. The maximum atomic E-state index is 11.3. The van der Waals surface area contributed by atoms with Crippen molar-refractivity contribution in [3.63, 3.8) is 0 Å². The van der Waals surface area contributed by atoms with E-state index in [1.807, 2.05) is 14.0 Å². The Balaban J connectivity index is 4.38. The number of rotatable bonds is 5. The third kappa shape index (κ3) is 5.14. The molecule has 15 heavy (non-hydrogen) atoms. The molecule has 0 fully saturated rings. The first-order valence-corrected chi connectivity index (χ1v) is 5.28. The van der Waals surface area contributed by atoms with Crippen LogP contribution in [0, 0.1) is 5.41 Å². The van der Waals surface area contributed by atoms with Crippen molar-refractivity contribution in [2.75, 3.05) is 27.2 Å². The van der Waals surface area contributed by atoms with Crippen molar-refractivity contribution in [3.05, 3.63) is 0 Å². The maximum Gasteiger partial charge on any atom is 0.238 e. The summed E-state index contributed by atoms with van der Waals surface area (Å²) in [6, 6.07) is 0. The highest BCUT2D eigenvalue weighted by atomic mass is 16.1. The topological polar surface area (TPSA) is 58.4 Å². The Morgan fingerprint density at radius 1 is 1.27 bits per heavy atom. The second-order valence-electron chi connectivity index (χ2n) is 5.68. The van der Waals surface area contributed by atoms with Gasteiger partial charge in [0.15, 0.2) is 0 Å². The van der Waals surface area contributed by atoms with Crippen molar-refractivity contribution in [1.29, 1.82) is 0 Å². The van der Waals surface area contributed by atoms with Crippen LogP contribution in [0.3, 0.4) is 0 Å². The van der Waals surface area contributed by atoms with Gasteiger partial charge in [-0.25, -0.2) is 0 Å². The summed E-state index contributed by atoms with van der Waals surface area (Å²) in [6.07, 6.45) is 0. The van der Waals surface area contributed by atoms with Crippen LogP contribution in [-0.4, -0.2) is 43.5 Å². The first-order chi connectivity index (χ1) is 6.60. The molecule has 0 aromatic rings. The molecule has 0 aromatic carbocycles. The molecule has 1 amide bonds. The molecule has 0 saturated carbocycles. The normalized spacial score (nSPS) is 16.5. The van der Waals surface area contributed by atoms with Crippen LogP contribution in [0.2, 0.25) is 0 Å². The standard InChI is InChI=1S/C11H25N3O/c1-10(2,3)7-14(6)8-11(4,13-5)9(12)15/h13H,7-8H2,1-6H3,(H2,12,15). The molecule has 0 heterocycles. The number of primary amides is 1. The van der Waals surface area contributed by atoms with Gasteiger partial charge in [0.05, 0.1) is 0 Å². The summed E-state index contributed by atoms with van der Waals surface area (Å²) in [6.45, 7) is 9.89. The van der Waals surface area contributed by atoms with Crippen LogP contribution >= 0.6 is 0 Å². The molecule has 0 aliphatic rings. The molecule has 0 aliphatic heterocycles. The van der Waals surface area contributed by atoms with Gasteiger partial charge in [0, 0.05) is 13.1 Å². The predicted octanol–water partition coefficient (Wildman–Crippen LogP) is 0.428. The summed E-state index contributed by atoms with van der Waals surface area (Å²) in [7, 11) is 3.76. The van der Waals surface area contributed by atoms with E-state index in [0.717, 1.165) is 6.54 Å². The van der Waals surface area contributed by atoms with Crippen molar-refractivity contribution in [3.8, 4) is 0 Å². The fraction of sp³-hybridized carbons (Fsp3) is 0.909. The van der Waals surface area contributed by atoms with Gasteiger partial charge >= 0.3 is 0 Å². The molecule has 0 saturated heterocycles. The number of hydrogen-bond donors (Lipinski definition) is 2. The summed E-state index contributed by atoms with van der Waals surface area (Å²) < 4.78 is 0. The summed E-state index contributed by atoms with van der Waals surface area (Å²) in [4.78, 5) is 13.4. The zero-order chi connectivity index (χ0) is 12.3. The van der Waals surface area contributed by atoms with E-state index in [1.165, 1.54) is 0 Å². The summed E-state index contributed by atoms with van der Waals surface area (Å²) >= 11 is 0. The molecule has 3 N–H and O–H groups in total. The van der Waals surface area contributed by atoms with Crippen molar-refractivity contribution < 1.29 is 4.79 Å². The van der Waals surface area contributed by atoms with E-state index in [4.69, 9.17) is 5.73 Å². The van der Waals surface area contributed by atoms with E-state index >= 15 is 0 Å². The average Bonchev–Trinajstić information content (AvgIpc) is 1.99. The maximum absolute atomic E-state index is 11.3. The monoisotopic (exact) mass is 215 g/mol. The number of likely N-dealkylation sites (N-methyl/N-ethyl adjacent to an activating group) is 2. The smallest absolute Gasteiger partial charge is 0.238 e. The zero-order valence-corrected chi connectivity index (χ0v) is 10.8. The van der Waals surface area contributed by atoms with E-state index in [-0.39, 0.29) is 11.3 Å². The fourth-order valence-electron chi connectivity index (χ4n) is 1.69. The minimum atomic E-state index is -0.653. The van der Waals surface area contributed by atoms with Gasteiger partial charge in [-0.1, -0.05) is 20.8 Å². The quantitative estimate of drug-likeness (QED) is 0.699. The summed E-state index contributed by atoms with van der Waals surface area (Å²) in [5.41, 5.74) is 4.94. The number of carbonyl (C=O) groups excluding carboxylic acids is 1. The highest BCUT2D eigenvalue weighted by Crippen LogP contribution is 2.15. The Hall–Kier alpha value is -0.610. The second-order valence-corrected chi connectivity index (χ2v) is 5.68. The van der Waals surface area contributed by atoms with Crippen molar-refractivity contribution in [1.82, 2.24) is 10.2 Å². The number of amides is 1. The number of nitrogens with one attached hydrogen (secondary N) is 1. The summed E-state index contributed by atoms with van der Waals surface area (Å²) in [5.74, 6) is -0.314. The van der Waals surface area contributed by atoms with E-state index < -0.39 is 5.54 Å². The Morgan fingerprint density at radius 2 is 1.73 bits per heavy atom. The minimum Gasteiger partial charge on any atom is -0.368 e. The molecule has 0 radical (unpaired) electrons. The first kappa shape index (κ1) is 14.4. The number of nitrogens with zero attached hydrogens (tertiary/aromatic N) is 1. The highest BCUT2D eigenvalue weighted by Gasteiger charge is 2.31. The van der Waals surface area contributed by atoms with Gasteiger partial charge in [-0.15, -0.1) is 0 Å². The van der Waals surface area contributed by atoms with Crippen LogP contribution in [0.15, 0.2) is 0 Å². The molecule has 0 aromatic heterocycles. The van der Waals surface area contributed by atoms with Gasteiger partial charge in [-0.2, -0.15) is 0 Å². The zero-order valence-electron chi connectivity index (χ0n) is 10.8. The van der Waals surface area contributed by atoms with E-state index in [2.05, 4.69) is 31.0 Å². The highest BCUT2D eigenvalue weighted by molar-refractivity contribution is 5.84. The van der Waals surface area contributed by atoms with Crippen molar-refractivity contribution in [2.45, 2.75) is 33.2 Å². The number of hydrogen-bond acceptors (Lipinski definition) is 3. The summed E-state index contributed by atoms with van der Waals surface area (Å²) in [5, 5.41) is 2.98. The SMILES string of the molecule is CNC(C)(CN(C)CC(C)(C)C)C(N)=O. The van der Waals surface area contributed by atoms with Crippen molar-refractivity contribution in [2.24, 2.45) is 11.1 Å². The molecule has 1 atom stereocenters. The molecule has 0 spiro atoms. The molecule has 0 bridgehead atoms. The molecule has 90 valence electrons. The Kier molecular flexibility index (Phi) is 4.74. The Morgan fingerprint density at radius 3 is 2.00 bits per heavy atom. The van der Waals surface area contributed by atoms with Gasteiger partial charge in [-0.3, -0.25) is 4.79 Å². The number of carbonyl (C=O) groups is 1. The van der Waals surface area contributed by atoms with Crippen LogP contribution < -0.4 is 11.1 Å². The van der Waals surface area contributed by atoms with E-state index in [9.17, 15) is 4.79 Å². The third-order valence-electron chi connectivity index (χ3n) is 2.43. The van der Waals surface area contributed by atoms with E-state index in [1.54, 1.807) is 7.05 Å². The fourth-order valence-corrected chi connectivity index (χ4v) is 1.69. The van der Waals surface area contributed by atoms with Crippen LogP contribution in [0.1, 0.15) is 27.7 Å². The Bertz CT molecular complexity index is 222. The largest absolute Gasteiger partial charge is 0.368 e. The van der Waals surface area contributed by atoms with Crippen LogP contribution in [0.25, 0.3) is 0 Å². The van der Waals surface area contributed by atoms with Gasteiger partial charge in [-0.05, 0) is 26.4 Å². The second kappa shape index (κ2) is 4.94. The minimum absolute atomic E-state index is 0.223. The molecule has 1 unspecified atom stereocenters. The average molecular weight is 215 g/mol. The lowest BCUT2D eigenvalue weighted by Crippen LogP contribution is -2.58. The van der Waals surface area contributed by atoms with Gasteiger partial charge in [0.2, 0.25) is 5.91 Å². The molecular weight excluding hydrogens is 190 g/mol. The van der Waals surface area contributed by atoms with Crippen LogP contribution in [0.4, 0.5) is 0 Å². The lowest BCUT2D eigenvalue weighted by atomic mass is 9.94. The molecule has 4 nitrogen and oxygen atoms in total. The molecular formula is C11H25N3O. The van der Waals surface area contributed by atoms with Gasteiger partial charge < -0.3 is 16.0 Å². The first-order valence-electron chi connectivity index (χ1n) is 5.28.